The molecule has 1 aromatic heterocycles. The lowest BCUT2D eigenvalue weighted by atomic mass is 9.80. The molecule has 4 saturated heterocycles. The lowest BCUT2D eigenvalue weighted by Crippen LogP contribution is -2.50. The number of piperidine rings is 3. The molecule has 0 aliphatic carbocycles. The van der Waals surface area contributed by atoms with E-state index >= 15 is 8.78 Å². The number of halogens is 4. The monoisotopic (exact) mass is 803 g/mol. The third-order valence-electron chi connectivity index (χ3n) is 13.3. The number of fused-ring (bicyclic) bond motifs is 5. The molecule has 6 heterocycles. The van der Waals surface area contributed by atoms with E-state index in [4.69, 9.17) is 27.9 Å². The molecule has 4 aromatic rings. The topological polar surface area (TPSA) is 96.8 Å². The van der Waals surface area contributed by atoms with Gasteiger partial charge in [-0.2, -0.15) is 4.98 Å². The molecule has 56 heavy (non-hydrogen) atoms. The fraction of sp³-hybridized carbons (Fsp3) is 0.488. The van der Waals surface area contributed by atoms with Crippen LogP contribution in [0.4, 0.5) is 14.5 Å². The Labute approximate surface area is 334 Å². The van der Waals surface area contributed by atoms with E-state index in [1.165, 1.54) is 17.2 Å². The van der Waals surface area contributed by atoms with Gasteiger partial charge in [-0.15, -0.1) is 0 Å². The van der Waals surface area contributed by atoms with Gasteiger partial charge in [0.1, 0.15) is 16.7 Å². The van der Waals surface area contributed by atoms with Gasteiger partial charge < -0.3 is 14.5 Å². The molecule has 9 rings (SSSR count). The second-order valence-corrected chi connectivity index (χ2v) is 17.8. The Morgan fingerprint density at radius 1 is 0.964 bits per heavy atom. The molecular formula is C43H45Cl2F2N5O4. The number of rotatable bonds is 5. The minimum absolute atomic E-state index is 0.0189. The first kappa shape index (κ1) is 37.7. The molecule has 2 amide bonds. The maximum absolute atomic E-state index is 15.5. The van der Waals surface area contributed by atoms with E-state index in [0.717, 1.165) is 75.2 Å². The quantitative estimate of drug-likeness (QED) is 0.163. The Morgan fingerprint density at radius 3 is 2.52 bits per heavy atom. The molecule has 0 radical (unpaired) electrons. The van der Waals surface area contributed by atoms with Crippen molar-refractivity contribution >= 4 is 51.6 Å². The van der Waals surface area contributed by atoms with E-state index in [1.54, 1.807) is 6.07 Å². The Bertz CT molecular complexity index is 2330. The number of nitrogens with one attached hydrogen (secondary N) is 1. The van der Waals surface area contributed by atoms with Gasteiger partial charge in [0.05, 0.1) is 50.8 Å². The summed E-state index contributed by atoms with van der Waals surface area (Å²) >= 11 is 13.0. The SMILES string of the molecule is CC1(C)c2cc(C3CCCN(CC4CCC5(CCN(c6cc(F)c(C7CCC(=O)NC7=O)c(F)c6Cl)CC5)OC4)C3)ccc2-n2c1nc(=O)c1c(Cl)cccc12. The average molecular weight is 805 g/mol. The van der Waals surface area contributed by atoms with Crippen molar-refractivity contribution < 1.29 is 23.1 Å². The van der Waals surface area contributed by atoms with Gasteiger partial charge in [0, 0.05) is 38.2 Å². The largest absolute Gasteiger partial charge is 0.375 e. The number of likely N-dealkylation sites (tertiary alicyclic amines) is 1. The Hall–Kier alpha value is -3.90. The predicted octanol–water partition coefficient (Wildman–Crippen LogP) is 7.78. The molecule has 0 bridgehead atoms. The molecule has 9 nitrogen and oxygen atoms in total. The van der Waals surface area contributed by atoms with Crippen LogP contribution in [0.1, 0.15) is 99.6 Å². The van der Waals surface area contributed by atoms with Crippen molar-refractivity contribution in [2.24, 2.45) is 5.92 Å². The van der Waals surface area contributed by atoms with Gasteiger partial charge >= 0.3 is 0 Å². The van der Waals surface area contributed by atoms with Crippen LogP contribution in [0.15, 0.2) is 47.3 Å². The molecule has 0 saturated carbocycles. The van der Waals surface area contributed by atoms with Gasteiger partial charge in [0.15, 0.2) is 5.82 Å². The van der Waals surface area contributed by atoms with Crippen molar-refractivity contribution in [3.05, 3.63) is 97.0 Å². The zero-order valence-corrected chi connectivity index (χ0v) is 33.1. The number of amides is 2. The molecule has 5 aliphatic heterocycles. The number of carbonyl (C=O) groups excluding carboxylic acids is 2. The normalized spacial score (nSPS) is 24.7. The van der Waals surface area contributed by atoms with Crippen molar-refractivity contribution in [1.82, 2.24) is 19.8 Å². The van der Waals surface area contributed by atoms with Gasteiger partial charge in [0.25, 0.3) is 5.56 Å². The summed E-state index contributed by atoms with van der Waals surface area (Å²) in [5, 5.41) is 2.84. The number of hydrogen-bond acceptors (Lipinski definition) is 7. The van der Waals surface area contributed by atoms with E-state index in [1.807, 2.05) is 17.0 Å². The third kappa shape index (κ3) is 6.33. The highest BCUT2D eigenvalue weighted by atomic mass is 35.5. The summed E-state index contributed by atoms with van der Waals surface area (Å²) in [5.74, 6) is -2.45. The Morgan fingerprint density at radius 2 is 1.77 bits per heavy atom. The summed E-state index contributed by atoms with van der Waals surface area (Å²) in [4.78, 5) is 46.1. The first-order valence-corrected chi connectivity index (χ1v) is 20.6. The maximum atomic E-state index is 15.5. The number of ether oxygens (including phenoxy) is 1. The average Bonchev–Trinajstić information content (AvgIpc) is 3.40. The van der Waals surface area contributed by atoms with Crippen molar-refractivity contribution in [1.29, 1.82) is 0 Å². The lowest BCUT2D eigenvalue weighted by molar-refractivity contribution is -0.134. The van der Waals surface area contributed by atoms with Crippen LogP contribution >= 0.6 is 23.2 Å². The highest BCUT2D eigenvalue weighted by Crippen LogP contribution is 2.46. The van der Waals surface area contributed by atoms with E-state index in [0.29, 0.717) is 41.9 Å². The van der Waals surface area contributed by atoms with Crippen LogP contribution in [0.3, 0.4) is 0 Å². The molecule has 3 unspecified atom stereocenters. The molecule has 5 aliphatic rings. The first-order chi connectivity index (χ1) is 26.8. The number of anilines is 1. The fourth-order valence-electron chi connectivity index (χ4n) is 10.1. The van der Waals surface area contributed by atoms with Crippen molar-refractivity contribution in [2.45, 2.75) is 88.1 Å². The van der Waals surface area contributed by atoms with Crippen LogP contribution < -0.4 is 15.8 Å². The van der Waals surface area contributed by atoms with Crippen LogP contribution in [0.2, 0.25) is 10.0 Å². The highest BCUT2D eigenvalue weighted by molar-refractivity contribution is 6.35. The smallest absolute Gasteiger partial charge is 0.282 e. The third-order valence-corrected chi connectivity index (χ3v) is 13.9. The van der Waals surface area contributed by atoms with Crippen molar-refractivity contribution in [2.75, 3.05) is 44.2 Å². The van der Waals surface area contributed by atoms with Crippen LogP contribution in [0.5, 0.6) is 0 Å². The number of imide groups is 1. The Kier molecular flexibility index (Phi) is 9.54. The van der Waals surface area contributed by atoms with Crippen LogP contribution in [0, 0.1) is 17.6 Å². The van der Waals surface area contributed by atoms with Gasteiger partial charge in [0.2, 0.25) is 11.8 Å². The second-order valence-electron chi connectivity index (χ2n) is 17.0. The predicted molar refractivity (Wildman–Crippen MR) is 212 cm³/mol. The molecule has 13 heteroatoms. The van der Waals surface area contributed by atoms with E-state index in [2.05, 4.69) is 51.8 Å². The minimum Gasteiger partial charge on any atom is -0.375 e. The Balaban J connectivity index is 0.825. The highest BCUT2D eigenvalue weighted by Gasteiger charge is 2.42. The summed E-state index contributed by atoms with van der Waals surface area (Å²) < 4.78 is 39.7. The van der Waals surface area contributed by atoms with E-state index in [-0.39, 0.29) is 40.3 Å². The van der Waals surface area contributed by atoms with Crippen molar-refractivity contribution in [3.63, 3.8) is 0 Å². The summed E-state index contributed by atoms with van der Waals surface area (Å²) in [6.07, 6.45) is 5.75. The maximum Gasteiger partial charge on any atom is 0.282 e. The first-order valence-electron chi connectivity index (χ1n) is 19.8. The van der Waals surface area contributed by atoms with E-state index in [9.17, 15) is 14.4 Å². The van der Waals surface area contributed by atoms with Gasteiger partial charge in [-0.05, 0) is 113 Å². The standard InChI is InChI=1S/C43H45Cl2F2N5O4/c1-42(2)28-19-25(8-10-31(28)52-32-7-3-6-29(44)36(32)40(55)49-41(42)52)26-5-4-16-50(22-26)21-24-12-13-43(56-23-24)14-17-51(18-15-43)33-20-30(46)35(38(47)37(33)45)27-9-11-34(53)48-39(27)54/h3,6-8,10,19-20,24,26-27H,4-5,9,11-18,21-23H2,1-2H3,(H,48,53,54). The number of aromatic nitrogens is 2. The summed E-state index contributed by atoms with van der Waals surface area (Å²) in [5.41, 5.74) is 3.22. The molecule has 3 aromatic carbocycles. The molecular weight excluding hydrogens is 759 g/mol. The summed E-state index contributed by atoms with van der Waals surface area (Å²) in [6, 6.07) is 13.6. The molecule has 1 spiro atoms. The zero-order chi connectivity index (χ0) is 39.1. The van der Waals surface area contributed by atoms with Gasteiger partial charge in [-0.25, -0.2) is 8.78 Å². The number of carbonyl (C=O) groups is 2. The van der Waals surface area contributed by atoms with Crippen molar-refractivity contribution in [3.8, 4) is 5.69 Å². The molecule has 4 fully saturated rings. The van der Waals surface area contributed by atoms with Crippen LogP contribution in [-0.4, -0.2) is 71.2 Å². The minimum atomic E-state index is -1.10. The van der Waals surface area contributed by atoms with Crippen LogP contribution in [0.25, 0.3) is 16.6 Å². The van der Waals surface area contributed by atoms with Crippen LogP contribution in [-0.2, 0) is 19.7 Å². The number of hydrogen-bond donors (Lipinski definition) is 1. The van der Waals surface area contributed by atoms with Gasteiger partial charge in [-0.3, -0.25) is 24.3 Å². The lowest BCUT2D eigenvalue weighted by Gasteiger charge is -2.47. The second kappa shape index (κ2) is 14.2. The number of benzene rings is 3. The molecule has 1 N–H and O–H groups in total. The van der Waals surface area contributed by atoms with E-state index < -0.39 is 34.8 Å². The van der Waals surface area contributed by atoms with Gasteiger partial charge in [-0.1, -0.05) is 41.4 Å². The summed E-state index contributed by atoms with van der Waals surface area (Å²) in [7, 11) is 0. The fourth-order valence-corrected chi connectivity index (χ4v) is 10.6. The molecule has 294 valence electrons. The molecule has 3 atom stereocenters. The zero-order valence-electron chi connectivity index (χ0n) is 31.6. The summed E-state index contributed by atoms with van der Waals surface area (Å²) in [6.45, 7) is 9.08. The number of nitrogens with zero attached hydrogens (tertiary/aromatic N) is 4.